The van der Waals surface area contributed by atoms with Gasteiger partial charge in [-0.25, -0.2) is 4.98 Å². The molecule has 2 aliphatic rings. The second kappa shape index (κ2) is 6.67. The molecule has 1 N–H and O–H groups in total. The lowest BCUT2D eigenvalue weighted by Crippen LogP contribution is -2.41. The van der Waals surface area contributed by atoms with E-state index in [-0.39, 0.29) is 0 Å². The van der Waals surface area contributed by atoms with E-state index in [1.165, 1.54) is 43.8 Å². The van der Waals surface area contributed by atoms with Gasteiger partial charge in [0.2, 0.25) is 0 Å². The molecule has 0 atom stereocenters. The van der Waals surface area contributed by atoms with E-state index in [4.69, 9.17) is 5.11 Å². The third-order valence-corrected chi connectivity index (χ3v) is 6.52. The number of aryl methyl sites for hydroxylation is 1. The fraction of sp³-hybridized carbons (Fsp3) is 0.765. The Morgan fingerprint density at radius 1 is 1.36 bits per heavy atom. The van der Waals surface area contributed by atoms with Crippen LogP contribution >= 0.6 is 11.3 Å². The number of thiazole rings is 1. The minimum absolute atomic E-state index is 0.367. The molecule has 0 radical (unpaired) electrons. The lowest BCUT2D eigenvalue weighted by molar-refractivity contribution is -0.138. The first-order chi connectivity index (χ1) is 10.5. The molecule has 1 spiro atoms. The standard InChI is InChI=1S/C17H26N2O2S/c1-13-12-22-15(18-13)11-19-8-6-17(7-9-19)4-2-14(3-5-17)10-16(20)21/h12,14H,2-11H2,1H3,(H,20,21). The van der Waals surface area contributed by atoms with Crippen LogP contribution in [-0.4, -0.2) is 34.0 Å². The van der Waals surface area contributed by atoms with Crippen molar-refractivity contribution >= 4 is 17.3 Å². The highest BCUT2D eigenvalue weighted by Gasteiger charge is 2.38. The van der Waals surface area contributed by atoms with E-state index in [1.807, 2.05) is 0 Å². The number of aromatic nitrogens is 1. The molecule has 0 bridgehead atoms. The zero-order chi connectivity index (χ0) is 15.6. The lowest BCUT2D eigenvalue weighted by Gasteiger charge is -2.45. The van der Waals surface area contributed by atoms with Crippen LogP contribution in [-0.2, 0) is 11.3 Å². The first kappa shape index (κ1) is 15.9. The molecule has 0 amide bonds. The van der Waals surface area contributed by atoms with E-state index in [9.17, 15) is 4.79 Å². The maximum atomic E-state index is 10.8. The minimum atomic E-state index is -0.630. The molecule has 1 aliphatic carbocycles. The number of carboxylic acids is 1. The summed E-state index contributed by atoms with van der Waals surface area (Å²) in [6, 6.07) is 0. The Morgan fingerprint density at radius 3 is 2.59 bits per heavy atom. The van der Waals surface area contributed by atoms with Crippen molar-refractivity contribution in [2.45, 2.75) is 58.4 Å². The van der Waals surface area contributed by atoms with Gasteiger partial charge in [-0.05, 0) is 69.9 Å². The van der Waals surface area contributed by atoms with Gasteiger partial charge in [0.25, 0.3) is 0 Å². The quantitative estimate of drug-likeness (QED) is 0.918. The van der Waals surface area contributed by atoms with Gasteiger partial charge in [0.05, 0.1) is 6.54 Å². The molecule has 5 heteroatoms. The van der Waals surface area contributed by atoms with Crippen LogP contribution in [0.3, 0.4) is 0 Å². The Balaban J connectivity index is 1.46. The molecular weight excluding hydrogens is 296 g/mol. The Hall–Kier alpha value is -0.940. The number of carboxylic acid groups (broad SMARTS) is 1. The zero-order valence-corrected chi connectivity index (χ0v) is 14.2. The largest absolute Gasteiger partial charge is 0.481 e. The molecule has 1 aliphatic heterocycles. The fourth-order valence-electron chi connectivity index (χ4n) is 4.09. The third-order valence-electron chi connectivity index (χ3n) is 5.57. The van der Waals surface area contributed by atoms with Crippen molar-refractivity contribution in [3.63, 3.8) is 0 Å². The third kappa shape index (κ3) is 3.87. The van der Waals surface area contributed by atoms with Gasteiger partial charge < -0.3 is 5.11 Å². The molecule has 2 fully saturated rings. The van der Waals surface area contributed by atoms with E-state index >= 15 is 0 Å². The number of hydrogen-bond acceptors (Lipinski definition) is 4. The summed E-state index contributed by atoms with van der Waals surface area (Å²) in [7, 11) is 0. The molecule has 0 aromatic carbocycles. The molecule has 3 rings (SSSR count). The number of likely N-dealkylation sites (tertiary alicyclic amines) is 1. The highest BCUT2D eigenvalue weighted by molar-refractivity contribution is 7.09. The predicted molar refractivity (Wildman–Crippen MR) is 88.0 cm³/mol. The SMILES string of the molecule is Cc1csc(CN2CCC3(CCC(CC(=O)O)CC3)CC2)n1. The van der Waals surface area contributed by atoms with E-state index < -0.39 is 5.97 Å². The highest BCUT2D eigenvalue weighted by Crippen LogP contribution is 2.47. The van der Waals surface area contributed by atoms with Crippen molar-refractivity contribution in [3.05, 3.63) is 16.1 Å². The van der Waals surface area contributed by atoms with E-state index in [2.05, 4.69) is 22.2 Å². The molecule has 1 aromatic rings. The van der Waals surface area contributed by atoms with Crippen LogP contribution in [0.4, 0.5) is 0 Å². The monoisotopic (exact) mass is 322 g/mol. The van der Waals surface area contributed by atoms with Gasteiger partial charge in [0, 0.05) is 17.5 Å². The van der Waals surface area contributed by atoms with Crippen LogP contribution in [0, 0.1) is 18.3 Å². The first-order valence-electron chi connectivity index (χ1n) is 8.40. The van der Waals surface area contributed by atoms with Crippen molar-refractivity contribution in [1.29, 1.82) is 0 Å². The van der Waals surface area contributed by atoms with Gasteiger partial charge in [-0.15, -0.1) is 11.3 Å². The van der Waals surface area contributed by atoms with Crippen molar-refractivity contribution in [2.75, 3.05) is 13.1 Å². The van der Waals surface area contributed by atoms with E-state index in [0.29, 0.717) is 17.8 Å². The number of piperidine rings is 1. The Bertz CT molecular complexity index is 510. The van der Waals surface area contributed by atoms with Gasteiger partial charge in [0.1, 0.15) is 5.01 Å². The van der Waals surface area contributed by atoms with Gasteiger partial charge in [-0.2, -0.15) is 0 Å². The smallest absolute Gasteiger partial charge is 0.303 e. The van der Waals surface area contributed by atoms with Gasteiger partial charge in [0.15, 0.2) is 0 Å². The number of rotatable bonds is 4. The van der Waals surface area contributed by atoms with Gasteiger partial charge in [-0.3, -0.25) is 9.69 Å². The van der Waals surface area contributed by atoms with Crippen LogP contribution < -0.4 is 0 Å². The maximum absolute atomic E-state index is 10.8. The average molecular weight is 322 g/mol. The Morgan fingerprint density at radius 2 is 2.05 bits per heavy atom. The summed E-state index contributed by atoms with van der Waals surface area (Å²) in [5, 5.41) is 12.3. The summed E-state index contributed by atoms with van der Waals surface area (Å²) in [5.41, 5.74) is 1.63. The highest BCUT2D eigenvalue weighted by atomic mass is 32.1. The van der Waals surface area contributed by atoms with Gasteiger partial charge in [-0.1, -0.05) is 0 Å². The maximum Gasteiger partial charge on any atom is 0.303 e. The zero-order valence-electron chi connectivity index (χ0n) is 13.4. The number of aliphatic carboxylic acids is 1. The Kier molecular flexibility index (Phi) is 4.83. The Labute approximate surface area is 136 Å². The molecule has 4 nitrogen and oxygen atoms in total. The second-order valence-electron chi connectivity index (χ2n) is 7.20. The van der Waals surface area contributed by atoms with Crippen LogP contribution in [0.15, 0.2) is 5.38 Å². The molecule has 1 aromatic heterocycles. The molecule has 22 heavy (non-hydrogen) atoms. The fourth-order valence-corrected chi connectivity index (χ4v) is 4.91. The minimum Gasteiger partial charge on any atom is -0.481 e. The van der Waals surface area contributed by atoms with Crippen molar-refractivity contribution in [3.8, 4) is 0 Å². The predicted octanol–water partition coefficient (Wildman–Crippen LogP) is 3.70. The second-order valence-corrected chi connectivity index (χ2v) is 8.14. The number of nitrogens with zero attached hydrogens (tertiary/aromatic N) is 2. The van der Waals surface area contributed by atoms with E-state index in [1.54, 1.807) is 11.3 Å². The number of hydrogen-bond donors (Lipinski definition) is 1. The summed E-state index contributed by atoms with van der Waals surface area (Å²) >= 11 is 1.77. The summed E-state index contributed by atoms with van der Waals surface area (Å²) < 4.78 is 0. The summed E-state index contributed by atoms with van der Waals surface area (Å²) in [4.78, 5) is 17.9. The molecule has 1 saturated carbocycles. The average Bonchev–Trinajstić information content (AvgIpc) is 2.89. The summed E-state index contributed by atoms with van der Waals surface area (Å²) in [6.07, 6.45) is 7.60. The van der Waals surface area contributed by atoms with Crippen LogP contribution in [0.1, 0.15) is 55.6 Å². The van der Waals surface area contributed by atoms with Crippen molar-refractivity contribution in [2.24, 2.45) is 11.3 Å². The van der Waals surface area contributed by atoms with E-state index in [0.717, 1.165) is 25.1 Å². The molecule has 2 heterocycles. The summed E-state index contributed by atoms with van der Waals surface area (Å²) in [5.74, 6) is -0.214. The van der Waals surface area contributed by atoms with Crippen LogP contribution in [0.5, 0.6) is 0 Å². The summed E-state index contributed by atoms with van der Waals surface area (Å²) in [6.45, 7) is 5.39. The van der Waals surface area contributed by atoms with Crippen LogP contribution in [0.25, 0.3) is 0 Å². The van der Waals surface area contributed by atoms with Crippen molar-refractivity contribution < 1.29 is 9.90 Å². The number of carbonyl (C=O) groups is 1. The molecule has 122 valence electrons. The lowest BCUT2D eigenvalue weighted by atomic mass is 9.65. The molecule has 0 unspecified atom stereocenters. The van der Waals surface area contributed by atoms with Crippen molar-refractivity contribution in [1.82, 2.24) is 9.88 Å². The van der Waals surface area contributed by atoms with Crippen LogP contribution in [0.2, 0.25) is 0 Å². The molecular formula is C17H26N2O2S. The normalized spacial score (nSPS) is 23.0. The molecule has 1 saturated heterocycles. The van der Waals surface area contributed by atoms with Gasteiger partial charge >= 0.3 is 5.97 Å². The first-order valence-corrected chi connectivity index (χ1v) is 9.28. The topological polar surface area (TPSA) is 53.4 Å².